The van der Waals surface area contributed by atoms with E-state index in [4.69, 9.17) is 0 Å². The molecule has 0 atom stereocenters. The minimum atomic E-state index is 0.500. The van der Waals surface area contributed by atoms with Crippen molar-refractivity contribution in [1.82, 2.24) is 0 Å². The van der Waals surface area contributed by atoms with E-state index in [1.54, 1.807) is 0 Å². The number of fused-ring (bicyclic) bond motifs is 1. The molecule has 1 aromatic carbocycles. The Morgan fingerprint density at radius 2 is 1.92 bits per heavy atom. The Morgan fingerprint density at radius 1 is 1.15 bits per heavy atom. The van der Waals surface area contributed by atoms with Gasteiger partial charge in [0.2, 0.25) is 0 Å². The van der Waals surface area contributed by atoms with E-state index in [0.29, 0.717) is 21.0 Å². The van der Waals surface area contributed by atoms with E-state index >= 15 is 0 Å². The maximum absolute atomic E-state index is 9.50. The van der Waals surface area contributed by atoms with Crippen molar-refractivity contribution in [2.75, 3.05) is 0 Å². The Bertz CT molecular complexity index is 223. The van der Waals surface area contributed by atoms with Crippen molar-refractivity contribution in [3.8, 4) is 0 Å². The molecule has 0 nitrogen and oxygen atoms in total. The molecular formula is C11H13FTi. The minimum absolute atomic E-state index is 0.500. The smallest absolute Gasteiger partial charge is 0.0506 e. The second kappa shape index (κ2) is 6.34. The SMILES string of the molecule is [F][Ti+].[c-]1cccc2c1CCCCC2. The summed E-state index contributed by atoms with van der Waals surface area (Å²) >= 11 is 0.500. The Morgan fingerprint density at radius 3 is 2.77 bits per heavy atom. The third-order valence-corrected chi connectivity index (χ3v) is 2.41. The van der Waals surface area contributed by atoms with Crippen LogP contribution in [-0.2, 0) is 33.8 Å². The van der Waals surface area contributed by atoms with Crippen LogP contribution in [-0.4, -0.2) is 0 Å². The van der Waals surface area contributed by atoms with Gasteiger partial charge in [0, 0.05) is 0 Å². The van der Waals surface area contributed by atoms with Crippen molar-refractivity contribution in [2.24, 2.45) is 0 Å². The number of aryl methyl sites for hydroxylation is 2. The first-order valence-electron chi connectivity index (χ1n) is 4.64. The van der Waals surface area contributed by atoms with Gasteiger partial charge in [-0.25, -0.2) is 0 Å². The first-order valence-corrected chi connectivity index (χ1v) is 5.23. The van der Waals surface area contributed by atoms with E-state index in [1.807, 2.05) is 6.07 Å². The molecule has 0 radical (unpaired) electrons. The van der Waals surface area contributed by atoms with Gasteiger partial charge < -0.3 is 0 Å². The zero-order valence-corrected chi connectivity index (χ0v) is 9.21. The van der Waals surface area contributed by atoms with Crippen LogP contribution in [0.25, 0.3) is 0 Å². The number of benzene rings is 1. The molecule has 0 N–H and O–H groups in total. The largest absolute Gasteiger partial charge is 0.180 e. The predicted molar refractivity (Wildman–Crippen MR) is 47.6 cm³/mol. The average Bonchev–Trinajstić information content (AvgIpc) is 2.45. The first-order chi connectivity index (χ1) is 6.47. The Balaban J connectivity index is 0.000000396. The molecule has 0 aliphatic heterocycles. The van der Waals surface area contributed by atoms with Crippen LogP contribution in [0.5, 0.6) is 0 Å². The maximum atomic E-state index is 9.50. The fraction of sp³-hybridized carbons (Fsp3) is 0.455. The molecule has 2 heteroatoms. The van der Waals surface area contributed by atoms with Gasteiger partial charge in [0.1, 0.15) is 0 Å². The van der Waals surface area contributed by atoms with Crippen LogP contribution in [0.3, 0.4) is 0 Å². The molecule has 0 saturated heterocycles. The van der Waals surface area contributed by atoms with Gasteiger partial charge in [0.05, 0.1) is 0 Å². The summed E-state index contributed by atoms with van der Waals surface area (Å²) in [6.45, 7) is 0. The molecule has 68 valence electrons. The van der Waals surface area contributed by atoms with E-state index in [0.717, 1.165) is 0 Å². The van der Waals surface area contributed by atoms with Crippen molar-refractivity contribution in [2.45, 2.75) is 32.1 Å². The standard InChI is InChI=1S/C11H13.FH.Ti/c1-2-6-10-8-4-5-9-11(10)7-3-1;;/h4-5,8H,1-3,6-7H2;1H;/q-1;;+2/p-1. The predicted octanol–water partition coefficient (Wildman–Crippen LogP) is 3.17. The molecular weight excluding hydrogens is 199 g/mol. The van der Waals surface area contributed by atoms with Gasteiger partial charge in [0.25, 0.3) is 0 Å². The molecule has 1 aromatic rings. The molecule has 0 saturated carbocycles. The van der Waals surface area contributed by atoms with Gasteiger partial charge in [-0.2, -0.15) is 35.4 Å². The number of hydrogen-bond donors (Lipinski definition) is 0. The zero-order valence-electron chi connectivity index (χ0n) is 7.65. The van der Waals surface area contributed by atoms with E-state index < -0.39 is 0 Å². The number of hydrogen-bond acceptors (Lipinski definition) is 0. The summed E-state index contributed by atoms with van der Waals surface area (Å²) in [7, 11) is 0. The van der Waals surface area contributed by atoms with E-state index in [9.17, 15) is 3.09 Å². The fourth-order valence-electron chi connectivity index (χ4n) is 1.77. The van der Waals surface area contributed by atoms with Gasteiger partial charge in [-0.3, -0.25) is 0 Å². The molecule has 0 unspecified atom stereocenters. The molecule has 0 bridgehead atoms. The third-order valence-electron chi connectivity index (χ3n) is 2.41. The van der Waals surface area contributed by atoms with Crippen molar-refractivity contribution in [3.05, 3.63) is 35.4 Å². The Kier molecular flexibility index (Phi) is 5.33. The summed E-state index contributed by atoms with van der Waals surface area (Å²) in [6.07, 6.45) is 6.63. The second-order valence-electron chi connectivity index (χ2n) is 3.23. The van der Waals surface area contributed by atoms with E-state index in [-0.39, 0.29) is 0 Å². The van der Waals surface area contributed by atoms with Crippen molar-refractivity contribution >= 4 is 0 Å². The minimum Gasteiger partial charge on any atom is -0.180 e. The number of rotatable bonds is 0. The molecule has 2 rings (SSSR count). The van der Waals surface area contributed by atoms with E-state index in [1.165, 1.54) is 43.2 Å². The van der Waals surface area contributed by atoms with Crippen LogP contribution < -0.4 is 0 Å². The Labute approximate surface area is 91.6 Å². The van der Waals surface area contributed by atoms with Crippen LogP contribution in [0.15, 0.2) is 18.2 Å². The quantitative estimate of drug-likeness (QED) is 0.352. The van der Waals surface area contributed by atoms with Crippen LogP contribution in [0, 0.1) is 6.07 Å². The third kappa shape index (κ3) is 3.24. The van der Waals surface area contributed by atoms with Crippen LogP contribution in [0.2, 0.25) is 0 Å². The second-order valence-corrected chi connectivity index (χ2v) is 3.23. The average molecular weight is 212 g/mol. The normalized spacial score (nSPS) is 14.8. The molecule has 0 spiro atoms. The topological polar surface area (TPSA) is 0 Å². The van der Waals surface area contributed by atoms with Gasteiger partial charge in [-0.1, -0.05) is 32.1 Å². The molecule has 0 fully saturated rings. The van der Waals surface area contributed by atoms with Gasteiger partial charge in [-0.05, 0) is 0 Å². The molecule has 13 heavy (non-hydrogen) atoms. The summed E-state index contributed by atoms with van der Waals surface area (Å²) in [5.74, 6) is 0. The van der Waals surface area contributed by atoms with Gasteiger partial charge in [-0.15, -0.1) is 0 Å². The first kappa shape index (κ1) is 10.9. The van der Waals surface area contributed by atoms with Crippen molar-refractivity contribution in [3.63, 3.8) is 0 Å². The van der Waals surface area contributed by atoms with Crippen molar-refractivity contribution in [1.29, 1.82) is 0 Å². The van der Waals surface area contributed by atoms with E-state index in [2.05, 4.69) is 18.2 Å². The zero-order chi connectivity index (χ0) is 9.52. The monoisotopic (exact) mass is 212 g/mol. The van der Waals surface area contributed by atoms with Gasteiger partial charge in [0.15, 0.2) is 0 Å². The summed E-state index contributed by atoms with van der Waals surface area (Å²) in [6, 6.07) is 9.71. The summed E-state index contributed by atoms with van der Waals surface area (Å²) < 4.78 is 9.50. The Hall–Kier alpha value is -0.136. The molecule has 1 aliphatic carbocycles. The molecule has 0 heterocycles. The summed E-state index contributed by atoms with van der Waals surface area (Å²) in [5.41, 5.74) is 3.00. The molecule has 0 amide bonds. The van der Waals surface area contributed by atoms with Crippen LogP contribution in [0.4, 0.5) is 3.09 Å². The summed E-state index contributed by atoms with van der Waals surface area (Å²) in [4.78, 5) is 0. The maximum Gasteiger partial charge on any atom is -0.0506 e. The number of halogens is 1. The van der Waals surface area contributed by atoms with Crippen LogP contribution >= 0.6 is 0 Å². The fourth-order valence-corrected chi connectivity index (χ4v) is 1.77. The van der Waals surface area contributed by atoms with Crippen LogP contribution in [0.1, 0.15) is 30.4 Å². The molecule has 0 aromatic heterocycles. The van der Waals surface area contributed by atoms with Gasteiger partial charge >= 0.3 is 24.1 Å². The van der Waals surface area contributed by atoms with Crippen molar-refractivity contribution < 1.29 is 24.1 Å². The summed E-state index contributed by atoms with van der Waals surface area (Å²) in [5, 5.41) is 0. The molecule has 1 aliphatic rings.